The number of tetrazole rings is 1. The van der Waals surface area contributed by atoms with E-state index < -0.39 is 5.82 Å². The predicted octanol–water partition coefficient (Wildman–Crippen LogP) is 1.67. The standard InChI is InChI=1S/C11H11ClFN5O/c1-2-10-15-16-17-18(10)6-11(19)14-7-3-4-9(13)8(12)5-7/h3-5H,2,6H2,1H3,(H,14,19). The van der Waals surface area contributed by atoms with Crippen LogP contribution in [-0.2, 0) is 17.8 Å². The number of aromatic nitrogens is 4. The molecular formula is C11H11ClFN5O. The molecule has 1 heterocycles. The first kappa shape index (κ1) is 13.4. The topological polar surface area (TPSA) is 72.7 Å². The SMILES string of the molecule is CCc1nnnn1CC(=O)Nc1ccc(F)c(Cl)c1. The van der Waals surface area contributed by atoms with Crippen LogP contribution in [0.15, 0.2) is 18.2 Å². The fourth-order valence-electron chi connectivity index (χ4n) is 1.51. The second-order valence-electron chi connectivity index (χ2n) is 3.78. The molecule has 0 fully saturated rings. The van der Waals surface area contributed by atoms with E-state index in [0.717, 1.165) is 0 Å². The number of rotatable bonds is 4. The number of carbonyl (C=O) groups is 1. The van der Waals surface area contributed by atoms with Gasteiger partial charge in [-0.2, -0.15) is 0 Å². The number of nitrogens with one attached hydrogen (secondary N) is 1. The number of hydrogen-bond acceptors (Lipinski definition) is 4. The Morgan fingerprint density at radius 3 is 3.00 bits per heavy atom. The molecule has 0 unspecified atom stereocenters. The molecule has 0 spiro atoms. The summed E-state index contributed by atoms with van der Waals surface area (Å²) in [4.78, 5) is 11.8. The molecule has 8 heteroatoms. The molecule has 0 saturated heterocycles. The van der Waals surface area contributed by atoms with Crippen LogP contribution in [0.5, 0.6) is 0 Å². The summed E-state index contributed by atoms with van der Waals surface area (Å²) in [5, 5.41) is 13.5. The van der Waals surface area contributed by atoms with Gasteiger partial charge in [0, 0.05) is 12.1 Å². The van der Waals surface area contributed by atoms with Crippen LogP contribution in [0.25, 0.3) is 0 Å². The Balaban J connectivity index is 2.03. The van der Waals surface area contributed by atoms with Crippen LogP contribution in [0.4, 0.5) is 10.1 Å². The molecule has 1 amide bonds. The molecule has 19 heavy (non-hydrogen) atoms. The molecule has 0 bridgehead atoms. The van der Waals surface area contributed by atoms with E-state index in [1.807, 2.05) is 6.92 Å². The lowest BCUT2D eigenvalue weighted by atomic mass is 10.3. The molecule has 0 radical (unpaired) electrons. The third-order valence-electron chi connectivity index (χ3n) is 2.42. The van der Waals surface area contributed by atoms with Gasteiger partial charge < -0.3 is 5.32 Å². The zero-order chi connectivity index (χ0) is 13.8. The minimum absolute atomic E-state index is 0.00876. The van der Waals surface area contributed by atoms with Crippen molar-refractivity contribution in [3.63, 3.8) is 0 Å². The Kier molecular flexibility index (Phi) is 4.06. The van der Waals surface area contributed by atoms with E-state index in [9.17, 15) is 9.18 Å². The third-order valence-corrected chi connectivity index (χ3v) is 2.71. The van der Waals surface area contributed by atoms with Crippen molar-refractivity contribution in [1.29, 1.82) is 0 Å². The fourth-order valence-corrected chi connectivity index (χ4v) is 1.69. The largest absolute Gasteiger partial charge is 0.324 e. The normalized spacial score (nSPS) is 10.5. The van der Waals surface area contributed by atoms with Gasteiger partial charge in [0.05, 0.1) is 5.02 Å². The van der Waals surface area contributed by atoms with Crippen molar-refractivity contribution in [3.8, 4) is 0 Å². The van der Waals surface area contributed by atoms with Gasteiger partial charge in [-0.1, -0.05) is 18.5 Å². The lowest BCUT2D eigenvalue weighted by Crippen LogP contribution is -2.21. The number of carbonyl (C=O) groups excluding carboxylic acids is 1. The summed E-state index contributed by atoms with van der Waals surface area (Å²) in [5.74, 6) is -0.231. The molecule has 1 aromatic carbocycles. The van der Waals surface area contributed by atoms with Crippen LogP contribution < -0.4 is 5.32 Å². The highest BCUT2D eigenvalue weighted by Crippen LogP contribution is 2.19. The molecule has 0 atom stereocenters. The van der Waals surface area contributed by atoms with E-state index in [1.165, 1.54) is 22.9 Å². The smallest absolute Gasteiger partial charge is 0.246 e. The highest BCUT2D eigenvalue weighted by molar-refractivity contribution is 6.31. The predicted molar refractivity (Wildman–Crippen MR) is 67.2 cm³/mol. The molecule has 0 aliphatic rings. The number of nitrogens with zero attached hydrogens (tertiary/aromatic N) is 4. The van der Waals surface area contributed by atoms with Gasteiger partial charge in [-0.05, 0) is 28.6 Å². The number of hydrogen-bond donors (Lipinski definition) is 1. The van der Waals surface area contributed by atoms with E-state index in [4.69, 9.17) is 11.6 Å². The van der Waals surface area contributed by atoms with Crippen LogP contribution in [0.3, 0.4) is 0 Å². The number of amides is 1. The van der Waals surface area contributed by atoms with Gasteiger partial charge in [-0.3, -0.25) is 4.79 Å². The van der Waals surface area contributed by atoms with Gasteiger partial charge >= 0.3 is 0 Å². The number of halogens is 2. The quantitative estimate of drug-likeness (QED) is 0.926. The first-order valence-electron chi connectivity index (χ1n) is 5.60. The summed E-state index contributed by atoms with van der Waals surface area (Å²) in [5.41, 5.74) is 0.419. The van der Waals surface area contributed by atoms with Crippen LogP contribution in [0.2, 0.25) is 5.02 Å². The lowest BCUT2D eigenvalue weighted by molar-refractivity contribution is -0.117. The van der Waals surface area contributed by atoms with Gasteiger partial charge in [0.2, 0.25) is 5.91 Å². The Morgan fingerprint density at radius 1 is 1.53 bits per heavy atom. The van der Waals surface area contributed by atoms with Gasteiger partial charge in [-0.25, -0.2) is 9.07 Å². The molecule has 1 aromatic heterocycles. The van der Waals surface area contributed by atoms with Gasteiger partial charge in [0.1, 0.15) is 12.4 Å². The maximum absolute atomic E-state index is 13.0. The number of aryl methyl sites for hydroxylation is 1. The zero-order valence-corrected chi connectivity index (χ0v) is 10.9. The van der Waals surface area contributed by atoms with Gasteiger partial charge in [0.15, 0.2) is 5.82 Å². The minimum Gasteiger partial charge on any atom is -0.324 e. The monoisotopic (exact) mass is 283 g/mol. The summed E-state index contributed by atoms with van der Waals surface area (Å²) in [6, 6.07) is 3.96. The van der Waals surface area contributed by atoms with Gasteiger partial charge in [0.25, 0.3) is 0 Å². The second-order valence-corrected chi connectivity index (χ2v) is 4.19. The van der Waals surface area contributed by atoms with Crippen molar-refractivity contribution < 1.29 is 9.18 Å². The van der Waals surface area contributed by atoms with Crippen molar-refractivity contribution in [2.24, 2.45) is 0 Å². The maximum Gasteiger partial charge on any atom is 0.246 e. The van der Waals surface area contributed by atoms with Crippen LogP contribution in [0.1, 0.15) is 12.7 Å². The first-order chi connectivity index (χ1) is 9.10. The molecule has 0 aliphatic carbocycles. The van der Waals surface area contributed by atoms with E-state index in [-0.39, 0.29) is 17.5 Å². The van der Waals surface area contributed by atoms with Crippen molar-refractivity contribution >= 4 is 23.2 Å². The Labute approximate surface area is 113 Å². The van der Waals surface area contributed by atoms with Crippen molar-refractivity contribution in [1.82, 2.24) is 20.2 Å². The van der Waals surface area contributed by atoms with E-state index in [1.54, 1.807) is 0 Å². The summed E-state index contributed by atoms with van der Waals surface area (Å²) in [6.45, 7) is 1.88. The molecule has 1 N–H and O–H groups in total. The maximum atomic E-state index is 13.0. The number of anilines is 1. The first-order valence-corrected chi connectivity index (χ1v) is 5.98. The molecule has 0 saturated carbocycles. The van der Waals surface area contributed by atoms with E-state index in [0.29, 0.717) is 17.9 Å². The third kappa shape index (κ3) is 3.25. The highest BCUT2D eigenvalue weighted by atomic mass is 35.5. The fraction of sp³-hybridized carbons (Fsp3) is 0.273. The van der Waals surface area contributed by atoms with Crippen molar-refractivity contribution in [2.45, 2.75) is 19.9 Å². The average Bonchev–Trinajstić information content (AvgIpc) is 2.81. The van der Waals surface area contributed by atoms with E-state index in [2.05, 4.69) is 20.8 Å². The Hall–Kier alpha value is -2.02. The van der Waals surface area contributed by atoms with E-state index >= 15 is 0 Å². The minimum atomic E-state index is -0.534. The summed E-state index contributed by atoms with van der Waals surface area (Å²) >= 11 is 5.62. The Morgan fingerprint density at radius 2 is 2.32 bits per heavy atom. The van der Waals surface area contributed by atoms with Crippen LogP contribution in [0, 0.1) is 5.82 Å². The summed E-state index contributed by atoms with van der Waals surface area (Å²) in [6.07, 6.45) is 0.628. The average molecular weight is 284 g/mol. The van der Waals surface area contributed by atoms with Crippen molar-refractivity contribution in [3.05, 3.63) is 34.9 Å². The van der Waals surface area contributed by atoms with Gasteiger partial charge in [-0.15, -0.1) is 5.10 Å². The molecule has 2 aromatic rings. The molecule has 6 nitrogen and oxygen atoms in total. The van der Waals surface area contributed by atoms with Crippen LogP contribution >= 0.6 is 11.6 Å². The Bertz CT molecular complexity index is 601. The summed E-state index contributed by atoms with van der Waals surface area (Å²) < 4.78 is 14.4. The summed E-state index contributed by atoms with van der Waals surface area (Å²) in [7, 11) is 0. The molecule has 100 valence electrons. The second kappa shape index (κ2) is 5.75. The highest BCUT2D eigenvalue weighted by Gasteiger charge is 2.10. The molecular weight excluding hydrogens is 273 g/mol. The number of benzene rings is 1. The molecule has 0 aliphatic heterocycles. The van der Waals surface area contributed by atoms with Crippen molar-refractivity contribution in [2.75, 3.05) is 5.32 Å². The molecule has 2 rings (SSSR count). The van der Waals surface area contributed by atoms with Crippen LogP contribution in [-0.4, -0.2) is 26.1 Å². The lowest BCUT2D eigenvalue weighted by Gasteiger charge is -2.06. The zero-order valence-electron chi connectivity index (χ0n) is 10.1.